The molecule has 0 fully saturated rings. The van der Waals surface area contributed by atoms with E-state index in [0.29, 0.717) is 0 Å². The summed E-state index contributed by atoms with van der Waals surface area (Å²) in [4.78, 5) is 46.1. The normalized spacial score (nSPS) is 13.4. The summed E-state index contributed by atoms with van der Waals surface area (Å²) in [5.41, 5.74) is -1.06. The maximum atomic E-state index is 11.5. The zero-order valence-electron chi connectivity index (χ0n) is 19.3. The van der Waals surface area contributed by atoms with E-state index in [0.717, 1.165) is 25.7 Å². The molecule has 0 heterocycles. The van der Waals surface area contributed by atoms with E-state index in [1.165, 1.54) is 0 Å². The Labute approximate surface area is 186 Å². The van der Waals surface area contributed by atoms with E-state index < -0.39 is 10.8 Å². The molecule has 0 bridgehead atoms. The molecule has 0 aliphatic heterocycles. The minimum atomic E-state index is -0.529. The molecule has 4 nitrogen and oxygen atoms in total. The maximum absolute atomic E-state index is 11.5. The van der Waals surface area contributed by atoms with Crippen molar-refractivity contribution in [3.8, 4) is 0 Å². The molecule has 2 unspecified atom stereocenters. The average Bonchev–Trinajstić information content (AvgIpc) is 2.51. The Kier molecular flexibility index (Phi) is 15.9. The molecule has 2 radical (unpaired) electrons. The molecule has 0 amide bonds. The molecule has 0 spiro atoms. The molecule has 0 saturated heterocycles. The van der Waals surface area contributed by atoms with Crippen LogP contribution in [-0.2, 0) is 19.2 Å². The van der Waals surface area contributed by atoms with Crippen molar-refractivity contribution >= 4 is 50.4 Å². The SMILES string of the molecule is CCCC(C)C(=O)C(=O)C(C)(C)C.CCCC(C)C(=O)C(=O)C(C)(C)C.[PbH2]. The number of carbonyl (C=O) groups is 4. The Morgan fingerprint density at radius 1 is 0.630 bits per heavy atom. The van der Waals surface area contributed by atoms with Crippen molar-refractivity contribution in [1.29, 1.82) is 0 Å². The predicted octanol–water partition coefficient (Wildman–Crippen LogP) is 4.30. The van der Waals surface area contributed by atoms with Crippen LogP contribution < -0.4 is 0 Å². The first-order chi connectivity index (χ1) is 11.6. The summed E-state index contributed by atoms with van der Waals surface area (Å²) < 4.78 is 0. The molecule has 0 aliphatic carbocycles. The first-order valence-corrected chi connectivity index (χ1v) is 9.78. The van der Waals surface area contributed by atoms with Crippen LogP contribution >= 0.6 is 0 Å². The Morgan fingerprint density at radius 3 is 1.00 bits per heavy atom. The first-order valence-electron chi connectivity index (χ1n) is 9.78. The van der Waals surface area contributed by atoms with Gasteiger partial charge < -0.3 is 0 Å². The van der Waals surface area contributed by atoms with Crippen LogP contribution in [0.4, 0.5) is 0 Å². The second-order valence-corrected chi connectivity index (χ2v) is 9.27. The summed E-state index contributed by atoms with van der Waals surface area (Å²) in [5.74, 6) is -1.14. The third-order valence-corrected chi connectivity index (χ3v) is 4.15. The van der Waals surface area contributed by atoms with Gasteiger partial charge in [0.15, 0.2) is 0 Å². The molecule has 0 N–H and O–H groups in total. The number of Topliss-reactive ketones (excluding diaryl/α,β-unsaturated/α-hetero) is 4. The molecule has 0 rings (SSSR count). The van der Waals surface area contributed by atoms with Gasteiger partial charge in [-0.1, -0.05) is 82.1 Å². The van der Waals surface area contributed by atoms with Gasteiger partial charge in [-0.25, -0.2) is 0 Å². The Bertz CT molecular complexity index is 449. The molecule has 0 aromatic heterocycles. The van der Waals surface area contributed by atoms with Crippen molar-refractivity contribution in [3.63, 3.8) is 0 Å². The molecule has 0 aliphatic rings. The topological polar surface area (TPSA) is 68.3 Å². The number of rotatable bonds is 8. The number of hydrogen-bond acceptors (Lipinski definition) is 4. The standard InChI is InChI=1S/2C11H20O2.Pb.2H/c2*1-6-7-8(2)9(12)10(13)11(3,4)5;;;/h2*8H,6-7H2,1-5H3;;;. The van der Waals surface area contributed by atoms with E-state index in [1.807, 2.05) is 27.7 Å². The Balaban J connectivity index is -0.000000411. The monoisotopic (exact) mass is 578 g/mol. The van der Waals surface area contributed by atoms with Gasteiger partial charge in [-0.2, -0.15) is 0 Å². The molecule has 0 aromatic rings. The minimum absolute atomic E-state index is 0. The quantitative estimate of drug-likeness (QED) is 0.319. The van der Waals surface area contributed by atoms with Crippen molar-refractivity contribution in [2.75, 3.05) is 0 Å². The molecule has 2 atom stereocenters. The van der Waals surface area contributed by atoms with E-state index in [9.17, 15) is 19.2 Å². The summed E-state index contributed by atoms with van der Waals surface area (Å²) in [7, 11) is 0. The van der Waals surface area contributed by atoms with Gasteiger partial charge in [0.2, 0.25) is 23.1 Å². The number of carbonyl (C=O) groups excluding carboxylic acids is 4. The first kappa shape index (κ1) is 31.3. The zero-order valence-corrected chi connectivity index (χ0v) is 24.8. The molecular weight excluding hydrogens is 535 g/mol. The predicted molar refractivity (Wildman–Crippen MR) is 116 cm³/mol. The van der Waals surface area contributed by atoms with Crippen LogP contribution in [0.1, 0.15) is 94.9 Å². The van der Waals surface area contributed by atoms with Crippen LogP contribution in [0.3, 0.4) is 0 Å². The van der Waals surface area contributed by atoms with Gasteiger partial charge in [-0.05, 0) is 12.8 Å². The van der Waals surface area contributed by atoms with Gasteiger partial charge in [-0.3, -0.25) is 19.2 Å². The fraction of sp³-hybridized carbons (Fsp3) is 0.818. The van der Waals surface area contributed by atoms with Crippen molar-refractivity contribution in [2.24, 2.45) is 22.7 Å². The van der Waals surface area contributed by atoms with Crippen LogP contribution in [-0.4, -0.2) is 50.4 Å². The molecule has 0 saturated carbocycles. The van der Waals surface area contributed by atoms with Gasteiger partial charge in [0.25, 0.3) is 0 Å². The Hall–Kier alpha value is -0.398. The molecular formula is C22H42O4Pb. The summed E-state index contributed by atoms with van der Waals surface area (Å²) >= 11 is 0. The second kappa shape index (κ2) is 13.7. The van der Waals surface area contributed by atoms with Crippen LogP contribution in [0.15, 0.2) is 0 Å². The van der Waals surface area contributed by atoms with Gasteiger partial charge >= 0.3 is 27.3 Å². The van der Waals surface area contributed by atoms with Crippen molar-refractivity contribution in [2.45, 2.75) is 94.9 Å². The van der Waals surface area contributed by atoms with Crippen LogP contribution in [0.25, 0.3) is 0 Å². The Morgan fingerprint density at radius 2 is 0.852 bits per heavy atom. The number of hydrogen-bond donors (Lipinski definition) is 0. The zero-order chi connectivity index (χ0) is 21.3. The van der Waals surface area contributed by atoms with E-state index in [1.54, 1.807) is 41.5 Å². The van der Waals surface area contributed by atoms with Gasteiger partial charge in [-0.15, -0.1) is 0 Å². The van der Waals surface area contributed by atoms with E-state index in [-0.39, 0.29) is 62.3 Å². The van der Waals surface area contributed by atoms with E-state index >= 15 is 0 Å². The van der Waals surface area contributed by atoms with Crippen molar-refractivity contribution in [3.05, 3.63) is 0 Å². The van der Waals surface area contributed by atoms with E-state index in [2.05, 4.69) is 0 Å². The van der Waals surface area contributed by atoms with Crippen LogP contribution in [0.5, 0.6) is 0 Å². The summed E-state index contributed by atoms with van der Waals surface area (Å²) in [5, 5.41) is 0. The molecule has 27 heavy (non-hydrogen) atoms. The van der Waals surface area contributed by atoms with Gasteiger partial charge in [0, 0.05) is 22.7 Å². The average molecular weight is 578 g/mol. The van der Waals surface area contributed by atoms with Crippen molar-refractivity contribution < 1.29 is 19.2 Å². The third kappa shape index (κ3) is 12.6. The number of ketones is 4. The van der Waals surface area contributed by atoms with E-state index in [4.69, 9.17) is 0 Å². The second-order valence-electron chi connectivity index (χ2n) is 9.27. The fourth-order valence-electron chi connectivity index (χ4n) is 2.31. The van der Waals surface area contributed by atoms with Crippen LogP contribution in [0, 0.1) is 22.7 Å². The molecule has 158 valence electrons. The summed E-state index contributed by atoms with van der Waals surface area (Å²) in [6.07, 6.45) is 3.51. The summed E-state index contributed by atoms with van der Waals surface area (Å²) in [6, 6.07) is 0. The van der Waals surface area contributed by atoms with Crippen molar-refractivity contribution in [1.82, 2.24) is 0 Å². The van der Waals surface area contributed by atoms with Crippen LogP contribution in [0.2, 0.25) is 0 Å². The fourth-order valence-corrected chi connectivity index (χ4v) is 2.31. The van der Waals surface area contributed by atoms with Gasteiger partial charge in [0.05, 0.1) is 0 Å². The summed E-state index contributed by atoms with van der Waals surface area (Å²) in [6.45, 7) is 18.4. The van der Waals surface area contributed by atoms with Gasteiger partial charge in [0.1, 0.15) is 0 Å². The third-order valence-electron chi connectivity index (χ3n) is 4.15. The molecule has 5 heteroatoms. The molecule has 0 aromatic carbocycles.